The molecule has 170 valence electrons. The first kappa shape index (κ1) is 22.6. The first-order chi connectivity index (χ1) is 14.4. The molecule has 1 N–H and O–H groups in total. The molecule has 1 aromatic rings. The van der Waals surface area contributed by atoms with Gasteiger partial charge in [0.15, 0.2) is 0 Å². The topological polar surface area (TPSA) is 107 Å². The molecule has 10 nitrogen and oxygen atoms in total. The van der Waals surface area contributed by atoms with Crippen LogP contribution in [0.3, 0.4) is 0 Å². The number of hydrogen-bond acceptors (Lipinski definition) is 7. The van der Waals surface area contributed by atoms with Crippen LogP contribution >= 0.6 is 0 Å². The van der Waals surface area contributed by atoms with Crippen molar-refractivity contribution in [3.05, 3.63) is 17.2 Å². The number of hydrogen-bond donors (Lipinski definition) is 1. The Kier molecular flexibility index (Phi) is 6.02. The summed E-state index contributed by atoms with van der Waals surface area (Å²) in [6.07, 6.45) is -1.63. The van der Waals surface area contributed by atoms with E-state index in [4.69, 9.17) is 9.72 Å². The highest BCUT2D eigenvalue weighted by molar-refractivity contribution is 6.07. The minimum Gasteiger partial charge on any atom is -0.465 e. The molecule has 0 aliphatic carbocycles. The number of rotatable bonds is 3. The van der Waals surface area contributed by atoms with Crippen molar-refractivity contribution in [3.8, 4) is 0 Å². The summed E-state index contributed by atoms with van der Waals surface area (Å²) in [4.78, 5) is 47.8. The molecular formula is C21H31N5O5. The molecule has 0 unspecified atom stereocenters. The average Bonchev–Trinajstić information content (AvgIpc) is 3.02. The molecule has 3 rings (SSSR count). The fourth-order valence-electron chi connectivity index (χ4n) is 3.56. The van der Waals surface area contributed by atoms with Crippen LogP contribution in [-0.4, -0.2) is 82.9 Å². The second-order valence-corrected chi connectivity index (χ2v) is 9.16. The van der Waals surface area contributed by atoms with E-state index in [9.17, 15) is 19.5 Å². The molecule has 0 bridgehead atoms. The Hall–Kier alpha value is -3.04. The van der Waals surface area contributed by atoms with Crippen LogP contribution in [0.5, 0.6) is 0 Å². The van der Waals surface area contributed by atoms with Gasteiger partial charge in [-0.2, -0.15) is 0 Å². The van der Waals surface area contributed by atoms with Gasteiger partial charge >= 0.3 is 12.2 Å². The predicted octanol–water partition coefficient (Wildman–Crippen LogP) is 2.62. The number of piperazine rings is 1. The van der Waals surface area contributed by atoms with Gasteiger partial charge in [0.1, 0.15) is 17.2 Å². The Labute approximate surface area is 182 Å². The molecule has 3 amide bonds. The highest BCUT2D eigenvalue weighted by atomic mass is 16.6. The summed E-state index contributed by atoms with van der Waals surface area (Å²) in [6, 6.07) is 1.82. The molecule has 0 spiro atoms. The molecule has 0 radical (unpaired) electrons. The Morgan fingerprint density at radius 1 is 1.19 bits per heavy atom. The summed E-state index contributed by atoms with van der Waals surface area (Å²) < 4.78 is 5.45. The Morgan fingerprint density at radius 3 is 2.32 bits per heavy atom. The third-order valence-electron chi connectivity index (χ3n) is 5.48. The summed E-state index contributed by atoms with van der Waals surface area (Å²) in [5, 5.41) is 9.41. The molecule has 1 saturated heterocycles. The van der Waals surface area contributed by atoms with Crippen LogP contribution in [0.25, 0.3) is 0 Å². The number of aromatic nitrogens is 1. The number of carbonyl (C=O) groups excluding carboxylic acids is 2. The molecule has 31 heavy (non-hydrogen) atoms. The largest absolute Gasteiger partial charge is 0.465 e. The van der Waals surface area contributed by atoms with E-state index in [0.717, 1.165) is 4.90 Å². The monoisotopic (exact) mass is 433 g/mol. The maximum atomic E-state index is 12.7. The van der Waals surface area contributed by atoms with Gasteiger partial charge in [-0.1, -0.05) is 0 Å². The van der Waals surface area contributed by atoms with Crippen LogP contribution in [0.15, 0.2) is 6.07 Å². The standard InChI is InChI=1S/C21H31N5O5/c1-13(2)23(6)16-11-14-15(12-26(18(14)27)19(28)29)17(22-16)24-7-9-25(10-8-24)20(30)31-21(3,4)5/h11,13H,7-10,12H2,1-6H3,(H,28,29). The number of pyridine rings is 1. The highest BCUT2D eigenvalue weighted by Gasteiger charge is 2.37. The first-order valence-corrected chi connectivity index (χ1v) is 10.4. The van der Waals surface area contributed by atoms with Gasteiger partial charge in [-0.3, -0.25) is 4.79 Å². The van der Waals surface area contributed by atoms with Gasteiger partial charge in [-0.05, 0) is 40.7 Å². The van der Waals surface area contributed by atoms with E-state index in [1.54, 1.807) is 11.0 Å². The van der Waals surface area contributed by atoms with Crippen molar-refractivity contribution in [1.29, 1.82) is 0 Å². The lowest BCUT2D eigenvalue weighted by molar-refractivity contribution is 0.0240. The average molecular weight is 434 g/mol. The SMILES string of the molecule is CC(C)N(C)c1cc2c(c(N3CCN(C(=O)OC(C)(C)C)CC3)n1)CN(C(=O)O)C2=O. The fourth-order valence-corrected chi connectivity index (χ4v) is 3.56. The first-order valence-electron chi connectivity index (χ1n) is 10.4. The van der Waals surface area contributed by atoms with E-state index in [1.165, 1.54) is 0 Å². The van der Waals surface area contributed by atoms with Gasteiger partial charge in [0.25, 0.3) is 5.91 Å². The Morgan fingerprint density at radius 2 is 1.81 bits per heavy atom. The maximum absolute atomic E-state index is 12.7. The number of ether oxygens (including phenoxy) is 1. The van der Waals surface area contributed by atoms with Crippen LogP contribution < -0.4 is 9.80 Å². The zero-order chi connectivity index (χ0) is 23.1. The predicted molar refractivity (Wildman–Crippen MR) is 116 cm³/mol. The van der Waals surface area contributed by atoms with E-state index < -0.39 is 17.6 Å². The van der Waals surface area contributed by atoms with Crippen molar-refractivity contribution in [3.63, 3.8) is 0 Å². The van der Waals surface area contributed by atoms with Crippen LogP contribution in [-0.2, 0) is 11.3 Å². The van der Waals surface area contributed by atoms with Gasteiger partial charge in [-0.25, -0.2) is 19.5 Å². The van der Waals surface area contributed by atoms with Gasteiger partial charge in [0.2, 0.25) is 0 Å². The lowest BCUT2D eigenvalue weighted by Crippen LogP contribution is -2.50. The van der Waals surface area contributed by atoms with Crippen molar-refractivity contribution < 1.29 is 24.2 Å². The number of fused-ring (bicyclic) bond motifs is 1. The number of imide groups is 1. The fraction of sp³-hybridized carbons (Fsp3) is 0.619. The van der Waals surface area contributed by atoms with Crippen LogP contribution in [0.4, 0.5) is 21.2 Å². The van der Waals surface area contributed by atoms with E-state index in [2.05, 4.69) is 0 Å². The molecule has 1 fully saturated rings. The quantitative estimate of drug-likeness (QED) is 0.775. The smallest absolute Gasteiger partial charge is 0.414 e. The number of anilines is 2. The zero-order valence-corrected chi connectivity index (χ0v) is 19.0. The molecule has 10 heteroatoms. The normalized spacial score (nSPS) is 16.6. The van der Waals surface area contributed by atoms with Crippen LogP contribution in [0, 0.1) is 0 Å². The summed E-state index contributed by atoms with van der Waals surface area (Å²) >= 11 is 0. The Bertz CT molecular complexity index is 887. The van der Waals surface area contributed by atoms with Crippen molar-refractivity contribution in [2.45, 2.75) is 52.8 Å². The van der Waals surface area contributed by atoms with E-state index in [1.807, 2.05) is 51.5 Å². The van der Waals surface area contributed by atoms with Crippen molar-refractivity contribution in [1.82, 2.24) is 14.8 Å². The summed E-state index contributed by atoms with van der Waals surface area (Å²) in [5.74, 6) is 0.678. The number of amides is 3. The molecule has 0 saturated carbocycles. The molecule has 3 heterocycles. The van der Waals surface area contributed by atoms with Gasteiger partial charge in [0, 0.05) is 44.8 Å². The molecule has 0 aromatic carbocycles. The molecule has 1 aromatic heterocycles. The van der Waals surface area contributed by atoms with Crippen LogP contribution in [0.2, 0.25) is 0 Å². The second-order valence-electron chi connectivity index (χ2n) is 9.16. The Balaban J connectivity index is 1.88. The van der Waals surface area contributed by atoms with Gasteiger partial charge in [0.05, 0.1) is 12.1 Å². The maximum Gasteiger partial charge on any atom is 0.414 e. The molecular weight excluding hydrogens is 402 g/mol. The molecule has 2 aliphatic heterocycles. The third kappa shape index (κ3) is 4.67. The van der Waals surface area contributed by atoms with Gasteiger partial charge in [-0.15, -0.1) is 0 Å². The number of carboxylic acid groups (broad SMARTS) is 1. The number of nitrogens with zero attached hydrogens (tertiary/aromatic N) is 5. The zero-order valence-electron chi connectivity index (χ0n) is 19.0. The molecule has 0 atom stereocenters. The summed E-state index contributed by atoms with van der Waals surface area (Å²) in [7, 11) is 1.89. The highest BCUT2D eigenvalue weighted by Crippen LogP contribution is 2.34. The lowest BCUT2D eigenvalue weighted by atomic mass is 10.1. The summed E-state index contributed by atoms with van der Waals surface area (Å²) in [6.45, 7) is 11.4. The second kappa shape index (κ2) is 8.24. The minimum absolute atomic E-state index is 0.0240. The van der Waals surface area contributed by atoms with Crippen LogP contribution in [0.1, 0.15) is 50.5 Å². The summed E-state index contributed by atoms with van der Waals surface area (Å²) in [5.41, 5.74) is 0.413. The third-order valence-corrected chi connectivity index (χ3v) is 5.48. The van der Waals surface area contributed by atoms with E-state index in [-0.39, 0.29) is 18.7 Å². The minimum atomic E-state index is -1.28. The van der Waals surface area contributed by atoms with E-state index in [0.29, 0.717) is 48.9 Å². The molecule has 2 aliphatic rings. The van der Waals surface area contributed by atoms with Crippen molar-refractivity contribution in [2.24, 2.45) is 0 Å². The van der Waals surface area contributed by atoms with Crippen molar-refractivity contribution in [2.75, 3.05) is 43.0 Å². The van der Waals surface area contributed by atoms with E-state index >= 15 is 0 Å². The number of carbonyl (C=O) groups is 3. The van der Waals surface area contributed by atoms with Gasteiger partial charge < -0.3 is 24.5 Å². The van der Waals surface area contributed by atoms with Crippen molar-refractivity contribution >= 4 is 29.7 Å². The lowest BCUT2D eigenvalue weighted by Gasteiger charge is -2.37.